The molecule has 0 aliphatic rings. The summed E-state index contributed by atoms with van der Waals surface area (Å²) in [6.45, 7) is 7.46. The van der Waals surface area contributed by atoms with Crippen LogP contribution >= 0.6 is 0 Å². The van der Waals surface area contributed by atoms with Crippen LogP contribution in [0.25, 0.3) is 0 Å². The number of rotatable bonds is 1. The lowest BCUT2D eigenvalue weighted by Gasteiger charge is -2.13. The summed E-state index contributed by atoms with van der Waals surface area (Å²) >= 11 is 0. The highest BCUT2D eigenvalue weighted by Gasteiger charge is 2.18. The third-order valence-corrected chi connectivity index (χ3v) is 1.60. The fourth-order valence-corrected chi connectivity index (χ4v) is 0.791. The van der Waals surface area contributed by atoms with Crippen LogP contribution < -0.4 is 0 Å². The molecule has 1 aromatic heterocycles. The molecule has 0 aromatic carbocycles. The average molecular weight is 171 g/mol. The Labute approximate surface area is 71.6 Å². The van der Waals surface area contributed by atoms with E-state index < -0.39 is 6.30 Å². The second kappa shape index (κ2) is 2.84. The number of nitrogens with zero attached hydrogens (tertiary/aromatic N) is 3. The van der Waals surface area contributed by atoms with E-state index in [1.165, 1.54) is 6.92 Å². The molecule has 0 saturated carbocycles. The molecule has 3 nitrogen and oxygen atoms in total. The number of aromatic nitrogens is 3. The Morgan fingerprint density at radius 3 is 2.33 bits per heavy atom. The molecule has 0 aliphatic heterocycles. The van der Waals surface area contributed by atoms with Crippen molar-refractivity contribution < 1.29 is 4.39 Å². The highest BCUT2D eigenvalue weighted by molar-refractivity contribution is 5.05. The summed E-state index contributed by atoms with van der Waals surface area (Å²) in [7, 11) is 0. The van der Waals surface area contributed by atoms with Crippen LogP contribution in [0.2, 0.25) is 0 Å². The van der Waals surface area contributed by atoms with Crippen molar-refractivity contribution in [1.29, 1.82) is 0 Å². The molecule has 0 spiro atoms. The highest BCUT2D eigenvalue weighted by Crippen LogP contribution is 2.19. The van der Waals surface area contributed by atoms with E-state index >= 15 is 0 Å². The second-order valence-electron chi connectivity index (χ2n) is 3.87. The molecule has 1 atom stereocenters. The molecule has 0 radical (unpaired) electrons. The van der Waals surface area contributed by atoms with E-state index in [0.717, 1.165) is 10.5 Å². The molecular weight excluding hydrogens is 157 g/mol. The second-order valence-corrected chi connectivity index (χ2v) is 3.87. The zero-order valence-electron chi connectivity index (χ0n) is 7.87. The Kier molecular flexibility index (Phi) is 2.17. The molecule has 0 N–H and O–H groups in total. The Balaban J connectivity index is 2.92. The van der Waals surface area contributed by atoms with Crippen LogP contribution in [0.3, 0.4) is 0 Å². The summed E-state index contributed by atoms with van der Waals surface area (Å²) in [6, 6.07) is 0. The molecule has 0 bridgehead atoms. The molecule has 12 heavy (non-hydrogen) atoms. The molecule has 4 heteroatoms. The van der Waals surface area contributed by atoms with Crippen molar-refractivity contribution in [3.8, 4) is 0 Å². The maximum Gasteiger partial charge on any atom is 0.207 e. The Morgan fingerprint density at radius 2 is 2.08 bits per heavy atom. The summed E-state index contributed by atoms with van der Waals surface area (Å²) < 4.78 is 12.7. The van der Waals surface area contributed by atoms with Gasteiger partial charge in [-0.1, -0.05) is 20.8 Å². The topological polar surface area (TPSA) is 30.7 Å². The van der Waals surface area contributed by atoms with Crippen molar-refractivity contribution in [2.75, 3.05) is 0 Å². The standard InChI is InChI=1S/C8H14FN3/c1-6(9)12-10-5-7(11-12)8(2,3)4/h5-6H,1-4H3. The van der Waals surface area contributed by atoms with Crippen LogP contribution in [0.5, 0.6) is 0 Å². The van der Waals surface area contributed by atoms with Gasteiger partial charge in [0.1, 0.15) is 0 Å². The van der Waals surface area contributed by atoms with Gasteiger partial charge in [0.25, 0.3) is 0 Å². The van der Waals surface area contributed by atoms with Gasteiger partial charge in [-0.2, -0.15) is 10.2 Å². The van der Waals surface area contributed by atoms with E-state index in [9.17, 15) is 4.39 Å². The number of hydrogen-bond acceptors (Lipinski definition) is 2. The van der Waals surface area contributed by atoms with E-state index in [0.29, 0.717) is 0 Å². The summed E-state index contributed by atoms with van der Waals surface area (Å²) in [6.07, 6.45) is 0.455. The minimum Gasteiger partial charge on any atom is -0.220 e. The van der Waals surface area contributed by atoms with Crippen LogP contribution in [-0.2, 0) is 5.41 Å². The van der Waals surface area contributed by atoms with Crippen LogP contribution in [0.1, 0.15) is 39.7 Å². The monoisotopic (exact) mass is 171 g/mol. The summed E-state index contributed by atoms with van der Waals surface area (Å²) in [5.41, 5.74) is 0.750. The number of alkyl halides is 1. The lowest BCUT2D eigenvalue weighted by molar-refractivity contribution is 0.218. The third kappa shape index (κ3) is 1.81. The van der Waals surface area contributed by atoms with E-state index in [1.807, 2.05) is 20.8 Å². The first-order valence-corrected chi connectivity index (χ1v) is 3.97. The minimum atomic E-state index is -1.15. The lowest BCUT2D eigenvalue weighted by Crippen LogP contribution is -2.13. The smallest absolute Gasteiger partial charge is 0.207 e. The number of halogens is 1. The molecule has 1 aromatic rings. The van der Waals surface area contributed by atoms with E-state index in [2.05, 4.69) is 10.2 Å². The van der Waals surface area contributed by atoms with Crippen LogP contribution in [0.15, 0.2) is 6.20 Å². The first-order valence-electron chi connectivity index (χ1n) is 3.97. The van der Waals surface area contributed by atoms with Crippen LogP contribution in [0, 0.1) is 0 Å². The molecule has 0 saturated heterocycles. The van der Waals surface area contributed by atoms with Gasteiger partial charge in [0, 0.05) is 5.41 Å². The first kappa shape index (κ1) is 9.16. The van der Waals surface area contributed by atoms with Crippen molar-refractivity contribution >= 4 is 0 Å². The zero-order valence-corrected chi connectivity index (χ0v) is 7.87. The van der Waals surface area contributed by atoms with Gasteiger partial charge in [0.15, 0.2) is 0 Å². The predicted octanol–water partition coefficient (Wildman–Crippen LogP) is 2.06. The molecule has 1 unspecified atom stereocenters. The van der Waals surface area contributed by atoms with Gasteiger partial charge in [-0.05, 0) is 6.92 Å². The van der Waals surface area contributed by atoms with Crippen molar-refractivity contribution in [2.45, 2.75) is 39.4 Å². The maximum atomic E-state index is 12.7. The molecular formula is C8H14FN3. The van der Waals surface area contributed by atoms with Crippen LogP contribution in [-0.4, -0.2) is 15.0 Å². The predicted molar refractivity (Wildman–Crippen MR) is 44.5 cm³/mol. The average Bonchev–Trinajstić information content (AvgIpc) is 2.30. The van der Waals surface area contributed by atoms with Gasteiger partial charge < -0.3 is 0 Å². The summed E-state index contributed by atoms with van der Waals surface area (Å²) in [4.78, 5) is 1.08. The van der Waals surface area contributed by atoms with E-state index in [4.69, 9.17) is 0 Å². The van der Waals surface area contributed by atoms with Gasteiger partial charge in [0.05, 0.1) is 11.9 Å². The summed E-state index contributed by atoms with van der Waals surface area (Å²) in [5.74, 6) is 0. The van der Waals surface area contributed by atoms with Gasteiger partial charge in [-0.25, -0.2) is 4.39 Å². The molecule has 68 valence electrons. The first-order chi connectivity index (χ1) is 5.41. The van der Waals surface area contributed by atoms with E-state index in [1.54, 1.807) is 6.20 Å². The zero-order chi connectivity index (χ0) is 9.35. The SMILES string of the molecule is CC(F)n1ncc(C(C)(C)C)n1. The molecule has 0 fully saturated rings. The van der Waals surface area contributed by atoms with E-state index in [-0.39, 0.29) is 5.41 Å². The summed E-state index contributed by atoms with van der Waals surface area (Å²) in [5, 5.41) is 7.82. The Hall–Kier alpha value is -0.930. The van der Waals surface area contributed by atoms with Gasteiger partial charge in [-0.3, -0.25) is 0 Å². The third-order valence-electron chi connectivity index (χ3n) is 1.60. The lowest BCUT2D eigenvalue weighted by atomic mass is 9.93. The maximum absolute atomic E-state index is 12.7. The van der Waals surface area contributed by atoms with Crippen molar-refractivity contribution in [1.82, 2.24) is 15.0 Å². The van der Waals surface area contributed by atoms with Crippen LogP contribution in [0.4, 0.5) is 4.39 Å². The molecule has 0 aliphatic carbocycles. The minimum absolute atomic E-state index is 0.0624. The molecule has 1 rings (SSSR count). The Bertz CT molecular complexity index is 260. The fraction of sp³-hybridized carbons (Fsp3) is 0.750. The Morgan fingerprint density at radius 1 is 1.50 bits per heavy atom. The fourth-order valence-electron chi connectivity index (χ4n) is 0.791. The molecule has 0 amide bonds. The van der Waals surface area contributed by atoms with Crippen molar-refractivity contribution in [2.24, 2.45) is 0 Å². The quantitative estimate of drug-likeness (QED) is 0.647. The highest BCUT2D eigenvalue weighted by atomic mass is 19.1. The van der Waals surface area contributed by atoms with Gasteiger partial charge in [0.2, 0.25) is 6.30 Å². The van der Waals surface area contributed by atoms with Crippen molar-refractivity contribution in [3.63, 3.8) is 0 Å². The number of hydrogen-bond donors (Lipinski definition) is 0. The largest absolute Gasteiger partial charge is 0.220 e. The van der Waals surface area contributed by atoms with Crippen molar-refractivity contribution in [3.05, 3.63) is 11.9 Å². The van der Waals surface area contributed by atoms with Gasteiger partial charge in [-0.15, -0.1) is 4.80 Å². The normalized spacial score (nSPS) is 14.8. The molecule has 1 heterocycles. The van der Waals surface area contributed by atoms with Gasteiger partial charge >= 0.3 is 0 Å².